The number of hydrogen-bond acceptors (Lipinski definition) is 5. The smallest absolute Gasteiger partial charge is 0.330 e. The molecule has 5 heterocycles. The number of piperidine rings is 2. The molecule has 3 fully saturated rings. The fourth-order valence-corrected chi connectivity index (χ4v) is 5.26. The highest BCUT2D eigenvalue weighted by Gasteiger charge is 2.42. The maximum Gasteiger partial charge on any atom is 0.330 e. The molecule has 6 rings (SSSR count). The molecule has 1 amide bonds. The molecule has 2 atom stereocenters. The Bertz CT molecular complexity index is 1360. The van der Waals surface area contributed by atoms with E-state index in [0.717, 1.165) is 30.7 Å². The number of imidazole rings is 1. The number of nitriles is 1. The molecular weight excluding hydrogens is 428 g/mol. The first-order valence-corrected chi connectivity index (χ1v) is 11.8. The third kappa shape index (κ3) is 3.75. The van der Waals surface area contributed by atoms with Crippen LogP contribution in [-0.2, 0) is 13.6 Å². The standard InChI is InChI=1S/C26H30N6O2/c1-26(2,3)16-32-21-11-12-22(28-23(21)29(4)25(32)34)30-14-20-10-9-19(30)15-31(20)24(33)18-7-5-17(13-27)6-8-18/h5-8,11-12,19-20H,9-10,14-16H2,1-4H3. The van der Waals surface area contributed by atoms with Crippen LogP contribution in [0.1, 0.15) is 49.5 Å². The van der Waals surface area contributed by atoms with Crippen LogP contribution in [-0.4, -0.2) is 50.1 Å². The maximum absolute atomic E-state index is 13.2. The summed E-state index contributed by atoms with van der Waals surface area (Å²) in [6.07, 6.45) is 1.97. The molecule has 0 radical (unpaired) electrons. The Morgan fingerprint density at radius 1 is 1.09 bits per heavy atom. The summed E-state index contributed by atoms with van der Waals surface area (Å²) in [5, 5.41) is 9.01. The van der Waals surface area contributed by atoms with Gasteiger partial charge in [-0.3, -0.25) is 13.9 Å². The van der Waals surface area contributed by atoms with E-state index in [-0.39, 0.29) is 29.1 Å². The summed E-state index contributed by atoms with van der Waals surface area (Å²) in [6, 6.07) is 13.3. The molecule has 3 aliphatic heterocycles. The fraction of sp³-hybridized carbons (Fsp3) is 0.462. The predicted molar refractivity (Wildman–Crippen MR) is 131 cm³/mol. The summed E-state index contributed by atoms with van der Waals surface area (Å²) >= 11 is 0. The van der Waals surface area contributed by atoms with Gasteiger partial charge in [-0.2, -0.15) is 5.26 Å². The molecule has 2 bridgehead atoms. The molecule has 3 saturated heterocycles. The Balaban J connectivity index is 1.40. The molecule has 3 aliphatic rings. The molecule has 1 aromatic carbocycles. The minimum absolute atomic E-state index is 0.0175. The van der Waals surface area contributed by atoms with Gasteiger partial charge in [0.1, 0.15) is 5.82 Å². The summed E-state index contributed by atoms with van der Waals surface area (Å²) in [5.74, 6) is 0.875. The van der Waals surface area contributed by atoms with Crippen molar-refractivity contribution in [2.24, 2.45) is 12.5 Å². The van der Waals surface area contributed by atoms with Crippen molar-refractivity contribution in [3.8, 4) is 6.07 Å². The lowest BCUT2D eigenvalue weighted by Gasteiger charge is -2.52. The van der Waals surface area contributed by atoms with Gasteiger partial charge in [-0.25, -0.2) is 9.78 Å². The molecule has 0 N–H and O–H groups in total. The van der Waals surface area contributed by atoms with Crippen LogP contribution in [0.25, 0.3) is 11.2 Å². The first-order valence-electron chi connectivity index (χ1n) is 11.8. The summed E-state index contributed by atoms with van der Waals surface area (Å²) in [5.41, 5.74) is 2.65. The van der Waals surface area contributed by atoms with E-state index in [1.54, 1.807) is 35.9 Å². The number of fused-ring (bicyclic) bond motifs is 4. The first-order chi connectivity index (χ1) is 16.2. The van der Waals surface area contributed by atoms with Crippen LogP contribution in [0.3, 0.4) is 0 Å². The largest absolute Gasteiger partial charge is 0.350 e. The lowest BCUT2D eigenvalue weighted by molar-refractivity contribution is 0.0504. The van der Waals surface area contributed by atoms with Crippen LogP contribution >= 0.6 is 0 Å². The number of aromatic nitrogens is 3. The molecule has 3 aromatic rings. The van der Waals surface area contributed by atoms with Gasteiger partial charge in [-0.15, -0.1) is 0 Å². The highest BCUT2D eigenvalue weighted by molar-refractivity contribution is 5.95. The van der Waals surface area contributed by atoms with Crippen molar-refractivity contribution in [1.82, 2.24) is 19.0 Å². The molecule has 8 heteroatoms. The van der Waals surface area contributed by atoms with Crippen LogP contribution in [0.4, 0.5) is 5.82 Å². The normalized spacial score (nSPS) is 20.1. The quantitative estimate of drug-likeness (QED) is 0.602. The number of carbonyl (C=O) groups is 1. The van der Waals surface area contributed by atoms with Gasteiger partial charge >= 0.3 is 5.69 Å². The monoisotopic (exact) mass is 458 g/mol. The van der Waals surface area contributed by atoms with Crippen molar-refractivity contribution >= 4 is 22.9 Å². The van der Waals surface area contributed by atoms with Gasteiger partial charge in [0.2, 0.25) is 0 Å². The number of rotatable bonds is 3. The number of nitrogens with zero attached hydrogens (tertiary/aromatic N) is 6. The van der Waals surface area contributed by atoms with Gasteiger partial charge in [-0.1, -0.05) is 20.8 Å². The average Bonchev–Trinajstić information content (AvgIpc) is 3.07. The van der Waals surface area contributed by atoms with Gasteiger partial charge in [0.15, 0.2) is 5.65 Å². The Morgan fingerprint density at radius 2 is 1.79 bits per heavy atom. The third-order valence-corrected chi connectivity index (χ3v) is 6.94. The molecule has 2 aromatic heterocycles. The molecule has 2 unspecified atom stereocenters. The van der Waals surface area contributed by atoms with Gasteiger partial charge in [0.05, 0.1) is 17.1 Å². The number of anilines is 1. The van der Waals surface area contributed by atoms with E-state index in [4.69, 9.17) is 10.2 Å². The van der Waals surface area contributed by atoms with E-state index < -0.39 is 0 Å². The lowest BCUT2D eigenvalue weighted by atomic mass is 9.90. The van der Waals surface area contributed by atoms with Crippen LogP contribution in [0.5, 0.6) is 0 Å². The topological polar surface area (TPSA) is 87.2 Å². The van der Waals surface area contributed by atoms with E-state index in [1.807, 2.05) is 21.6 Å². The van der Waals surface area contributed by atoms with Crippen molar-refractivity contribution < 1.29 is 4.79 Å². The highest BCUT2D eigenvalue weighted by atomic mass is 16.2. The van der Waals surface area contributed by atoms with Crippen molar-refractivity contribution in [3.05, 3.63) is 58.0 Å². The summed E-state index contributed by atoms with van der Waals surface area (Å²) in [7, 11) is 1.78. The van der Waals surface area contributed by atoms with Gasteiger partial charge in [0, 0.05) is 44.3 Å². The number of benzene rings is 1. The SMILES string of the molecule is Cn1c(=O)n(CC(C)(C)C)c2ccc(N3CC4CCC3CN4C(=O)c3ccc(C#N)cc3)nc21. The second-order valence-corrected chi connectivity index (χ2v) is 10.7. The zero-order valence-corrected chi connectivity index (χ0v) is 20.2. The number of piperazine rings is 1. The summed E-state index contributed by atoms with van der Waals surface area (Å²) < 4.78 is 3.44. The van der Waals surface area contributed by atoms with Crippen LogP contribution in [0.15, 0.2) is 41.2 Å². The number of amides is 1. The minimum Gasteiger partial charge on any atom is -0.350 e. The highest BCUT2D eigenvalue weighted by Crippen LogP contribution is 2.33. The molecule has 0 saturated carbocycles. The Morgan fingerprint density at radius 3 is 2.41 bits per heavy atom. The molecule has 34 heavy (non-hydrogen) atoms. The van der Waals surface area contributed by atoms with Crippen molar-refractivity contribution in [2.45, 2.75) is 52.2 Å². The van der Waals surface area contributed by atoms with E-state index in [9.17, 15) is 9.59 Å². The minimum atomic E-state index is -0.0473. The van der Waals surface area contributed by atoms with Crippen LogP contribution < -0.4 is 10.6 Å². The summed E-state index contributed by atoms with van der Waals surface area (Å²) in [4.78, 5) is 35.2. The number of hydrogen-bond donors (Lipinski definition) is 0. The Kier molecular flexibility index (Phi) is 5.23. The van der Waals surface area contributed by atoms with Gasteiger partial charge in [-0.05, 0) is 54.7 Å². The van der Waals surface area contributed by atoms with E-state index >= 15 is 0 Å². The molecule has 176 valence electrons. The second-order valence-electron chi connectivity index (χ2n) is 10.7. The zero-order chi connectivity index (χ0) is 24.2. The number of carbonyl (C=O) groups excluding carboxylic acids is 1. The summed E-state index contributed by atoms with van der Waals surface area (Å²) in [6.45, 7) is 8.36. The fourth-order valence-electron chi connectivity index (χ4n) is 5.26. The zero-order valence-electron chi connectivity index (χ0n) is 20.2. The Hall–Kier alpha value is -3.60. The van der Waals surface area contributed by atoms with Crippen molar-refractivity contribution in [2.75, 3.05) is 18.0 Å². The van der Waals surface area contributed by atoms with E-state index in [2.05, 4.69) is 31.7 Å². The van der Waals surface area contributed by atoms with Crippen molar-refractivity contribution in [1.29, 1.82) is 5.26 Å². The number of pyridine rings is 1. The maximum atomic E-state index is 13.2. The third-order valence-electron chi connectivity index (χ3n) is 6.94. The molecular formula is C26H30N6O2. The van der Waals surface area contributed by atoms with E-state index in [0.29, 0.717) is 29.9 Å². The number of aryl methyl sites for hydroxylation is 1. The first kappa shape index (κ1) is 22.2. The van der Waals surface area contributed by atoms with Crippen molar-refractivity contribution in [3.63, 3.8) is 0 Å². The molecule has 0 spiro atoms. The Labute approximate surface area is 199 Å². The van der Waals surface area contributed by atoms with Crippen LogP contribution in [0.2, 0.25) is 0 Å². The predicted octanol–water partition coefficient (Wildman–Crippen LogP) is 3.15. The van der Waals surface area contributed by atoms with Crippen LogP contribution in [0, 0.1) is 16.7 Å². The molecule has 0 aliphatic carbocycles. The van der Waals surface area contributed by atoms with Gasteiger partial charge in [0.25, 0.3) is 5.91 Å². The second kappa shape index (κ2) is 8.01. The van der Waals surface area contributed by atoms with Gasteiger partial charge < -0.3 is 9.80 Å². The van der Waals surface area contributed by atoms with E-state index in [1.165, 1.54) is 0 Å². The lowest BCUT2D eigenvalue weighted by Crippen LogP contribution is -2.64. The molecule has 8 nitrogen and oxygen atoms in total. The average molecular weight is 459 g/mol.